The van der Waals surface area contributed by atoms with Crippen molar-refractivity contribution in [2.24, 2.45) is 0 Å². The number of thioether (sulfide) groups is 1. The Morgan fingerprint density at radius 3 is 2.62 bits per heavy atom. The number of aromatic amines is 1. The van der Waals surface area contributed by atoms with Gasteiger partial charge in [-0.25, -0.2) is 4.79 Å². The van der Waals surface area contributed by atoms with Crippen molar-refractivity contribution in [3.63, 3.8) is 0 Å². The Morgan fingerprint density at radius 2 is 1.89 bits per heavy atom. The first kappa shape index (κ1) is 24.8. The minimum absolute atomic E-state index is 0.126. The molecule has 0 saturated carbocycles. The number of carboxylic acids is 1. The molecule has 3 aromatic carbocycles. The van der Waals surface area contributed by atoms with Crippen LogP contribution in [-0.2, 0) is 11.2 Å². The maximum absolute atomic E-state index is 13.2. The van der Waals surface area contributed by atoms with Gasteiger partial charge in [0.1, 0.15) is 10.1 Å². The van der Waals surface area contributed by atoms with Crippen LogP contribution in [0.1, 0.15) is 27.2 Å². The van der Waals surface area contributed by atoms with Crippen molar-refractivity contribution in [1.29, 1.82) is 0 Å². The predicted molar refractivity (Wildman–Crippen MR) is 152 cm³/mol. The van der Waals surface area contributed by atoms with E-state index in [0.717, 1.165) is 44.6 Å². The number of aryl methyl sites for hydroxylation is 1. The van der Waals surface area contributed by atoms with Gasteiger partial charge in [-0.3, -0.25) is 9.69 Å². The van der Waals surface area contributed by atoms with E-state index >= 15 is 0 Å². The highest BCUT2D eigenvalue weighted by molar-refractivity contribution is 8.26. The van der Waals surface area contributed by atoms with Crippen LogP contribution in [-0.4, -0.2) is 44.8 Å². The van der Waals surface area contributed by atoms with E-state index < -0.39 is 5.97 Å². The van der Waals surface area contributed by atoms with Crippen molar-refractivity contribution in [2.75, 3.05) is 13.7 Å². The molecule has 5 rings (SSSR count). The molecule has 2 heterocycles. The molecular formula is C29H24N2O4S2. The molecule has 1 aliphatic heterocycles. The van der Waals surface area contributed by atoms with E-state index in [4.69, 9.17) is 22.1 Å². The van der Waals surface area contributed by atoms with Gasteiger partial charge >= 0.3 is 5.97 Å². The van der Waals surface area contributed by atoms with Crippen molar-refractivity contribution >= 4 is 57.2 Å². The van der Waals surface area contributed by atoms with E-state index in [9.17, 15) is 9.59 Å². The number of carboxylic acid groups (broad SMARTS) is 1. The summed E-state index contributed by atoms with van der Waals surface area (Å²) in [5.41, 5.74) is 6.21. The highest BCUT2D eigenvalue weighted by atomic mass is 32.2. The van der Waals surface area contributed by atoms with Gasteiger partial charge in [0.15, 0.2) is 0 Å². The number of carbonyl (C=O) groups is 2. The molecule has 8 heteroatoms. The summed E-state index contributed by atoms with van der Waals surface area (Å²) < 4.78 is 6.14. The maximum Gasteiger partial charge on any atom is 0.335 e. The maximum atomic E-state index is 13.2. The molecule has 1 saturated heterocycles. The molecule has 1 aliphatic rings. The van der Waals surface area contributed by atoms with Crippen LogP contribution in [0.25, 0.3) is 28.1 Å². The topological polar surface area (TPSA) is 82.6 Å². The minimum atomic E-state index is -0.963. The first-order valence-electron chi connectivity index (χ1n) is 11.7. The lowest BCUT2D eigenvalue weighted by Crippen LogP contribution is -2.30. The molecule has 0 atom stereocenters. The lowest BCUT2D eigenvalue weighted by Gasteiger charge is -2.14. The van der Waals surface area contributed by atoms with Crippen LogP contribution in [0.4, 0.5) is 0 Å². The SMILES string of the molecule is COc1ccc(C=C2SC(=S)N(CCc3ccc(C(=O)O)cc3)C2=O)cc1-c1ccc2[nH]c(C)cc2c1. The van der Waals surface area contributed by atoms with E-state index in [1.165, 1.54) is 11.8 Å². The molecule has 0 spiro atoms. The van der Waals surface area contributed by atoms with Crippen LogP contribution in [0.2, 0.25) is 0 Å². The van der Waals surface area contributed by atoms with Crippen molar-refractivity contribution in [1.82, 2.24) is 9.88 Å². The van der Waals surface area contributed by atoms with Gasteiger partial charge in [0.05, 0.1) is 17.6 Å². The molecule has 4 aromatic rings. The number of benzene rings is 3. The Bertz CT molecular complexity index is 1570. The summed E-state index contributed by atoms with van der Waals surface area (Å²) >= 11 is 6.79. The van der Waals surface area contributed by atoms with Crippen LogP contribution in [0.3, 0.4) is 0 Å². The smallest absolute Gasteiger partial charge is 0.335 e. The van der Waals surface area contributed by atoms with Gasteiger partial charge in [0.25, 0.3) is 5.91 Å². The molecule has 0 bridgehead atoms. The molecule has 2 N–H and O–H groups in total. The van der Waals surface area contributed by atoms with Crippen molar-refractivity contribution in [3.05, 3.63) is 94.0 Å². The third kappa shape index (κ3) is 5.16. The third-order valence-electron chi connectivity index (χ3n) is 6.29. The van der Waals surface area contributed by atoms with Crippen LogP contribution in [0.15, 0.2) is 71.6 Å². The minimum Gasteiger partial charge on any atom is -0.496 e. The number of ether oxygens (including phenoxy) is 1. The summed E-state index contributed by atoms with van der Waals surface area (Å²) in [6.45, 7) is 2.46. The van der Waals surface area contributed by atoms with Crippen LogP contribution in [0.5, 0.6) is 5.75 Å². The lowest BCUT2D eigenvalue weighted by atomic mass is 10.00. The van der Waals surface area contributed by atoms with Crippen molar-refractivity contribution in [2.45, 2.75) is 13.3 Å². The first-order valence-corrected chi connectivity index (χ1v) is 12.9. The molecule has 0 aliphatic carbocycles. The zero-order valence-electron chi connectivity index (χ0n) is 20.3. The number of fused-ring (bicyclic) bond motifs is 1. The Morgan fingerprint density at radius 1 is 1.11 bits per heavy atom. The van der Waals surface area contributed by atoms with E-state index in [1.807, 2.05) is 31.2 Å². The van der Waals surface area contributed by atoms with E-state index in [1.54, 1.807) is 36.3 Å². The van der Waals surface area contributed by atoms with Gasteiger partial charge in [-0.1, -0.05) is 48.2 Å². The predicted octanol–water partition coefficient (Wildman–Crippen LogP) is 6.29. The van der Waals surface area contributed by atoms with Gasteiger partial charge in [-0.15, -0.1) is 0 Å². The number of nitrogens with one attached hydrogen (secondary N) is 1. The largest absolute Gasteiger partial charge is 0.496 e. The summed E-state index contributed by atoms with van der Waals surface area (Å²) in [4.78, 5) is 29.7. The fourth-order valence-electron chi connectivity index (χ4n) is 4.39. The van der Waals surface area contributed by atoms with E-state index in [2.05, 4.69) is 29.2 Å². The standard InChI is InChI=1S/C29H24N2O4S2/c1-17-13-22-16-21(8-9-24(22)30-17)23-14-19(5-10-25(23)35-2)15-26-27(32)31(29(36)37-26)12-11-18-3-6-20(7-4-18)28(33)34/h3-10,13-16,30H,11-12H2,1-2H3,(H,33,34). The van der Waals surface area contributed by atoms with Gasteiger partial charge in [-0.2, -0.15) is 0 Å². The van der Waals surface area contributed by atoms with E-state index in [0.29, 0.717) is 22.2 Å². The molecule has 1 aromatic heterocycles. The molecule has 6 nitrogen and oxygen atoms in total. The average Bonchev–Trinajstić information content (AvgIpc) is 3.39. The summed E-state index contributed by atoms with van der Waals surface area (Å²) in [7, 11) is 1.65. The monoisotopic (exact) mass is 528 g/mol. The number of rotatable bonds is 7. The van der Waals surface area contributed by atoms with Gasteiger partial charge in [0, 0.05) is 28.7 Å². The number of methoxy groups -OCH3 is 1. The second-order valence-corrected chi connectivity index (χ2v) is 10.5. The number of hydrogen-bond acceptors (Lipinski definition) is 5. The number of amides is 1. The van der Waals surface area contributed by atoms with Crippen LogP contribution >= 0.6 is 24.0 Å². The molecule has 37 heavy (non-hydrogen) atoms. The highest BCUT2D eigenvalue weighted by Gasteiger charge is 2.31. The van der Waals surface area contributed by atoms with Gasteiger partial charge in [-0.05, 0) is 78.6 Å². The summed E-state index contributed by atoms with van der Waals surface area (Å²) in [6.07, 6.45) is 2.44. The number of thiocarbonyl (C=S) groups is 1. The Balaban J connectivity index is 1.36. The normalized spacial score (nSPS) is 14.6. The molecule has 1 fully saturated rings. The zero-order valence-corrected chi connectivity index (χ0v) is 21.9. The molecule has 0 radical (unpaired) electrons. The molecule has 1 amide bonds. The average molecular weight is 529 g/mol. The summed E-state index contributed by atoms with van der Waals surface area (Å²) in [5.74, 6) is -0.334. The van der Waals surface area contributed by atoms with Crippen molar-refractivity contribution < 1.29 is 19.4 Å². The summed E-state index contributed by atoms with van der Waals surface area (Å²) in [5, 5.41) is 10.2. The first-order chi connectivity index (χ1) is 17.8. The Kier molecular flexibility index (Phi) is 6.86. The number of H-pyrrole nitrogens is 1. The van der Waals surface area contributed by atoms with Gasteiger partial charge < -0.3 is 14.8 Å². The fraction of sp³-hybridized carbons (Fsp3) is 0.138. The Hall–Kier alpha value is -3.88. The van der Waals surface area contributed by atoms with Gasteiger partial charge in [0.2, 0.25) is 0 Å². The molecular weight excluding hydrogens is 504 g/mol. The van der Waals surface area contributed by atoms with Crippen LogP contribution in [0, 0.1) is 6.92 Å². The molecule has 0 unspecified atom stereocenters. The summed E-state index contributed by atoms with van der Waals surface area (Å²) in [6, 6.07) is 20.9. The highest BCUT2D eigenvalue weighted by Crippen LogP contribution is 2.36. The number of aromatic nitrogens is 1. The van der Waals surface area contributed by atoms with Crippen LogP contribution < -0.4 is 4.74 Å². The lowest BCUT2D eigenvalue weighted by molar-refractivity contribution is -0.122. The number of hydrogen-bond donors (Lipinski definition) is 2. The fourth-order valence-corrected chi connectivity index (χ4v) is 5.69. The second kappa shape index (κ2) is 10.2. The Labute approximate surface area is 223 Å². The second-order valence-electron chi connectivity index (χ2n) is 8.80. The van der Waals surface area contributed by atoms with E-state index in [-0.39, 0.29) is 11.5 Å². The van der Waals surface area contributed by atoms with Crippen molar-refractivity contribution in [3.8, 4) is 16.9 Å². The third-order valence-corrected chi connectivity index (χ3v) is 7.66. The number of nitrogens with zero attached hydrogens (tertiary/aromatic N) is 1. The number of aromatic carboxylic acids is 1. The number of carbonyl (C=O) groups excluding carboxylic acids is 1. The quantitative estimate of drug-likeness (QED) is 0.217. The molecule has 186 valence electrons. The zero-order chi connectivity index (χ0) is 26.1.